The van der Waals surface area contributed by atoms with Gasteiger partial charge in [-0.3, -0.25) is 24.1 Å². The highest BCUT2D eigenvalue weighted by Crippen LogP contribution is 2.39. The van der Waals surface area contributed by atoms with E-state index in [1.807, 2.05) is 0 Å². The van der Waals surface area contributed by atoms with Crippen LogP contribution in [-0.4, -0.2) is 55.2 Å². The number of halogens is 2. The molecule has 4 amide bonds. The molecule has 0 atom stereocenters. The molecule has 1 heterocycles. The second-order valence-electron chi connectivity index (χ2n) is 8.42. The Bertz CT molecular complexity index is 1510. The van der Waals surface area contributed by atoms with Gasteiger partial charge in [0, 0.05) is 11.4 Å². The zero-order valence-corrected chi connectivity index (χ0v) is 23.3. The van der Waals surface area contributed by atoms with Gasteiger partial charge in [0.05, 0.1) is 24.1 Å². The fourth-order valence-electron chi connectivity index (χ4n) is 3.64. The van der Waals surface area contributed by atoms with Crippen LogP contribution in [0.5, 0.6) is 17.2 Å². The number of benzene rings is 3. The van der Waals surface area contributed by atoms with E-state index >= 15 is 0 Å². The monoisotopic (exact) mass is 599 g/mol. The highest BCUT2D eigenvalue weighted by molar-refractivity contribution is 8.18. The molecule has 0 spiro atoms. The number of rotatable bonds is 10. The molecule has 0 unspecified atom stereocenters. The van der Waals surface area contributed by atoms with Crippen LogP contribution < -0.4 is 24.8 Å². The average Bonchev–Trinajstić information content (AvgIpc) is 3.20. The molecule has 1 saturated heterocycles. The summed E-state index contributed by atoms with van der Waals surface area (Å²) >= 11 is 7.06. The van der Waals surface area contributed by atoms with Crippen LogP contribution in [0.2, 0.25) is 5.02 Å². The van der Waals surface area contributed by atoms with Gasteiger partial charge in [-0.1, -0.05) is 11.6 Å². The molecule has 1 aliphatic rings. The van der Waals surface area contributed by atoms with Crippen molar-refractivity contribution in [1.29, 1.82) is 0 Å². The summed E-state index contributed by atoms with van der Waals surface area (Å²) in [6.07, 6.45) is 1.44. The van der Waals surface area contributed by atoms with Gasteiger partial charge in [0.15, 0.2) is 18.1 Å². The lowest BCUT2D eigenvalue weighted by Gasteiger charge is -2.14. The molecular formula is C28H23ClFN3O7S. The first-order chi connectivity index (χ1) is 19.7. The van der Waals surface area contributed by atoms with E-state index in [2.05, 4.69) is 10.6 Å². The molecule has 0 aromatic heterocycles. The third-order valence-corrected chi connectivity index (χ3v) is 6.76. The Kier molecular flexibility index (Phi) is 9.48. The van der Waals surface area contributed by atoms with Crippen LogP contribution in [0.15, 0.2) is 65.6 Å². The number of methoxy groups -OCH3 is 2. The minimum Gasteiger partial charge on any atom is -0.497 e. The van der Waals surface area contributed by atoms with Crippen LogP contribution in [0.4, 0.5) is 20.6 Å². The number of carbonyl (C=O) groups is 4. The smallest absolute Gasteiger partial charge is 0.294 e. The molecule has 4 rings (SSSR count). The Labute approximate surface area is 243 Å². The van der Waals surface area contributed by atoms with Crippen LogP contribution in [-0.2, 0) is 14.4 Å². The van der Waals surface area contributed by atoms with Gasteiger partial charge in [-0.15, -0.1) is 0 Å². The van der Waals surface area contributed by atoms with E-state index in [1.165, 1.54) is 56.7 Å². The normalized spacial score (nSPS) is 13.8. The molecule has 0 radical (unpaired) electrons. The molecule has 212 valence electrons. The Morgan fingerprint density at radius 3 is 2.22 bits per heavy atom. The van der Waals surface area contributed by atoms with Gasteiger partial charge in [-0.05, 0) is 84.1 Å². The standard InChI is InChI=1S/C28H23ClFN3O7S/c1-38-20-9-7-19(8-10-20)31-24(34)14-33-27(36)23(41-28(33)37)13-16-11-21(29)26(22(12-16)39-2)40-15-25(35)32-18-5-3-17(30)4-6-18/h3-13H,14-15H2,1-2H3,(H,31,34)(H,32,35)/b23-13+. The van der Waals surface area contributed by atoms with Crippen molar-refractivity contribution in [2.24, 2.45) is 0 Å². The summed E-state index contributed by atoms with van der Waals surface area (Å²) in [5.74, 6) is -1.26. The van der Waals surface area contributed by atoms with E-state index in [0.29, 0.717) is 34.4 Å². The van der Waals surface area contributed by atoms with Crippen molar-refractivity contribution in [2.45, 2.75) is 0 Å². The minimum absolute atomic E-state index is 0.0812. The number of hydrogen-bond acceptors (Lipinski definition) is 8. The lowest BCUT2D eigenvalue weighted by atomic mass is 10.1. The fraction of sp³-hybridized carbons (Fsp3) is 0.143. The van der Waals surface area contributed by atoms with Crippen LogP contribution in [0, 0.1) is 5.82 Å². The second kappa shape index (κ2) is 13.2. The van der Waals surface area contributed by atoms with E-state index < -0.39 is 41.9 Å². The maximum atomic E-state index is 13.1. The zero-order valence-electron chi connectivity index (χ0n) is 21.7. The predicted octanol–water partition coefficient (Wildman–Crippen LogP) is 5.19. The zero-order chi connectivity index (χ0) is 29.5. The van der Waals surface area contributed by atoms with E-state index in [0.717, 1.165) is 4.90 Å². The number of thioether (sulfide) groups is 1. The largest absolute Gasteiger partial charge is 0.497 e. The number of amides is 4. The Morgan fingerprint density at radius 1 is 0.951 bits per heavy atom. The molecule has 3 aromatic rings. The number of hydrogen-bond donors (Lipinski definition) is 2. The van der Waals surface area contributed by atoms with Gasteiger partial charge >= 0.3 is 0 Å². The molecule has 3 aromatic carbocycles. The minimum atomic E-state index is -0.641. The number of imide groups is 1. The van der Waals surface area contributed by atoms with E-state index in [1.54, 1.807) is 24.3 Å². The van der Waals surface area contributed by atoms with Gasteiger partial charge in [0.1, 0.15) is 18.1 Å². The Balaban J connectivity index is 1.40. The average molecular weight is 600 g/mol. The van der Waals surface area contributed by atoms with E-state index in [-0.39, 0.29) is 21.4 Å². The first kappa shape index (κ1) is 29.4. The van der Waals surface area contributed by atoms with Crippen molar-refractivity contribution in [2.75, 3.05) is 38.0 Å². The van der Waals surface area contributed by atoms with Crippen LogP contribution in [0.25, 0.3) is 6.08 Å². The summed E-state index contributed by atoms with van der Waals surface area (Å²) < 4.78 is 29.0. The van der Waals surface area contributed by atoms with Gasteiger partial charge in [-0.2, -0.15) is 0 Å². The number of nitrogens with zero attached hydrogens (tertiary/aromatic N) is 1. The first-order valence-corrected chi connectivity index (χ1v) is 13.1. The molecule has 13 heteroatoms. The van der Waals surface area contributed by atoms with Crippen molar-refractivity contribution < 1.29 is 37.8 Å². The topological polar surface area (TPSA) is 123 Å². The van der Waals surface area contributed by atoms with Gasteiger partial charge in [0.2, 0.25) is 5.91 Å². The van der Waals surface area contributed by atoms with Gasteiger partial charge in [0.25, 0.3) is 17.1 Å². The molecule has 0 saturated carbocycles. The van der Waals surface area contributed by atoms with Crippen molar-refractivity contribution in [3.8, 4) is 17.2 Å². The summed E-state index contributed by atoms with van der Waals surface area (Å²) in [6, 6.07) is 14.8. The number of nitrogens with one attached hydrogen (secondary N) is 2. The van der Waals surface area contributed by atoms with Crippen molar-refractivity contribution >= 4 is 63.8 Å². The lowest BCUT2D eigenvalue weighted by molar-refractivity contribution is -0.127. The Morgan fingerprint density at radius 2 is 1.59 bits per heavy atom. The molecule has 0 aliphatic carbocycles. The summed E-state index contributed by atoms with van der Waals surface area (Å²) in [6.45, 7) is -0.880. The number of anilines is 2. The maximum Gasteiger partial charge on any atom is 0.294 e. The summed E-state index contributed by atoms with van der Waals surface area (Å²) in [5.41, 5.74) is 1.29. The molecular weight excluding hydrogens is 577 g/mol. The molecule has 1 aliphatic heterocycles. The quantitative estimate of drug-likeness (QED) is 0.305. The summed E-state index contributed by atoms with van der Waals surface area (Å²) in [4.78, 5) is 51.0. The lowest BCUT2D eigenvalue weighted by Crippen LogP contribution is -2.36. The molecule has 10 nitrogen and oxygen atoms in total. The number of ether oxygens (including phenoxy) is 3. The fourth-order valence-corrected chi connectivity index (χ4v) is 4.75. The van der Waals surface area contributed by atoms with Crippen LogP contribution in [0.1, 0.15) is 5.56 Å². The van der Waals surface area contributed by atoms with Crippen LogP contribution in [0.3, 0.4) is 0 Å². The summed E-state index contributed by atoms with van der Waals surface area (Å²) in [7, 11) is 2.89. The molecule has 41 heavy (non-hydrogen) atoms. The van der Waals surface area contributed by atoms with Crippen LogP contribution >= 0.6 is 23.4 Å². The van der Waals surface area contributed by atoms with Gasteiger partial charge in [-0.25, -0.2) is 4.39 Å². The molecule has 1 fully saturated rings. The molecule has 2 N–H and O–H groups in total. The van der Waals surface area contributed by atoms with Gasteiger partial charge < -0.3 is 24.8 Å². The highest BCUT2D eigenvalue weighted by atomic mass is 35.5. The predicted molar refractivity (Wildman–Crippen MR) is 153 cm³/mol. The maximum absolute atomic E-state index is 13.1. The second-order valence-corrected chi connectivity index (χ2v) is 9.82. The Hall–Kier alpha value is -4.55. The summed E-state index contributed by atoms with van der Waals surface area (Å²) in [5, 5.41) is 4.68. The SMILES string of the molecule is COc1ccc(NC(=O)CN2C(=O)S/C(=C/c3cc(Cl)c(OCC(=O)Nc4ccc(F)cc4)c(OC)c3)C2=O)cc1. The first-order valence-electron chi connectivity index (χ1n) is 11.9. The van der Waals surface area contributed by atoms with E-state index in [4.69, 9.17) is 25.8 Å². The third-order valence-electron chi connectivity index (χ3n) is 5.57. The molecule has 0 bridgehead atoms. The van der Waals surface area contributed by atoms with E-state index in [9.17, 15) is 23.6 Å². The van der Waals surface area contributed by atoms with Crippen molar-refractivity contribution in [3.05, 3.63) is 82.0 Å². The third kappa shape index (κ3) is 7.56. The number of carbonyl (C=O) groups excluding carboxylic acids is 4. The highest BCUT2D eigenvalue weighted by Gasteiger charge is 2.36. The van der Waals surface area contributed by atoms with Crippen molar-refractivity contribution in [1.82, 2.24) is 4.90 Å². The van der Waals surface area contributed by atoms with Crippen molar-refractivity contribution in [3.63, 3.8) is 0 Å².